The summed E-state index contributed by atoms with van der Waals surface area (Å²) in [6, 6.07) is 7.75. The SMILES string of the molecule is CCOC(=O)N1CC=C(c2cnc(N)c(-c3nc4ccccc4[nH]3)n2)CC1.[HH].[HH]. The zero-order valence-corrected chi connectivity index (χ0v) is 15.0. The van der Waals surface area contributed by atoms with Crippen LogP contribution in [0, 0.1) is 0 Å². The monoisotopic (exact) mass is 368 g/mol. The fourth-order valence-electron chi connectivity index (χ4n) is 3.07. The molecular weight excluding hydrogens is 344 g/mol. The van der Waals surface area contributed by atoms with Gasteiger partial charge in [0.1, 0.15) is 5.69 Å². The summed E-state index contributed by atoms with van der Waals surface area (Å²) in [5.74, 6) is 0.912. The fourth-order valence-corrected chi connectivity index (χ4v) is 3.07. The van der Waals surface area contributed by atoms with Crippen LogP contribution in [0.15, 0.2) is 36.5 Å². The molecule has 0 unspecified atom stereocenters. The molecule has 1 aromatic carbocycles. The van der Waals surface area contributed by atoms with E-state index < -0.39 is 0 Å². The van der Waals surface area contributed by atoms with Gasteiger partial charge in [0.25, 0.3) is 0 Å². The molecule has 0 radical (unpaired) electrons. The summed E-state index contributed by atoms with van der Waals surface area (Å²) in [5, 5.41) is 0. The Labute approximate surface area is 159 Å². The van der Waals surface area contributed by atoms with Crippen molar-refractivity contribution in [1.29, 1.82) is 0 Å². The van der Waals surface area contributed by atoms with Gasteiger partial charge in [-0.1, -0.05) is 18.2 Å². The second-order valence-electron chi connectivity index (χ2n) is 6.22. The number of aromatic amines is 1. The van der Waals surface area contributed by atoms with E-state index in [-0.39, 0.29) is 8.95 Å². The number of ether oxygens (including phenoxy) is 1. The summed E-state index contributed by atoms with van der Waals surface area (Å²) >= 11 is 0. The van der Waals surface area contributed by atoms with Gasteiger partial charge in [0.2, 0.25) is 0 Å². The second kappa shape index (κ2) is 7.06. The Hall–Kier alpha value is -3.42. The van der Waals surface area contributed by atoms with Gasteiger partial charge in [-0.2, -0.15) is 0 Å². The lowest BCUT2D eigenvalue weighted by Gasteiger charge is -2.25. The standard InChI is InChI=1S/C19H20N6O2.2H2/c1-2-27-19(26)25-9-7-12(8-10-25)15-11-21-17(20)16(22-15)18-23-13-5-3-4-6-14(13)24-18;;/h3-7,11H,2,8-10H2,1H3,(H2,20,21)(H,23,24);2*1H. The van der Waals surface area contributed by atoms with Gasteiger partial charge in [0, 0.05) is 15.9 Å². The van der Waals surface area contributed by atoms with Gasteiger partial charge < -0.3 is 20.4 Å². The molecular formula is C19H24N6O2. The largest absolute Gasteiger partial charge is 0.450 e. The van der Waals surface area contributed by atoms with E-state index >= 15 is 0 Å². The minimum atomic E-state index is -0.292. The molecule has 1 aliphatic rings. The number of H-pyrrole nitrogens is 1. The van der Waals surface area contributed by atoms with E-state index in [2.05, 4.69) is 19.9 Å². The molecule has 0 spiro atoms. The third-order valence-electron chi connectivity index (χ3n) is 4.48. The molecule has 3 N–H and O–H groups in total. The average Bonchev–Trinajstić information content (AvgIpc) is 3.12. The van der Waals surface area contributed by atoms with E-state index in [0.29, 0.717) is 43.5 Å². The van der Waals surface area contributed by atoms with Crippen LogP contribution in [0.2, 0.25) is 0 Å². The highest BCUT2D eigenvalue weighted by Crippen LogP contribution is 2.26. The summed E-state index contributed by atoms with van der Waals surface area (Å²) in [7, 11) is 0. The Kier molecular flexibility index (Phi) is 4.45. The maximum Gasteiger partial charge on any atom is 0.410 e. The van der Waals surface area contributed by atoms with Crippen molar-refractivity contribution in [3.05, 3.63) is 42.2 Å². The summed E-state index contributed by atoms with van der Waals surface area (Å²) in [6.45, 7) is 3.24. The minimum Gasteiger partial charge on any atom is -0.450 e. The van der Waals surface area contributed by atoms with Crippen LogP contribution in [-0.2, 0) is 4.74 Å². The molecule has 4 rings (SSSR count). The zero-order chi connectivity index (χ0) is 18.8. The Morgan fingerprint density at radius 3 is 2.96 bits per heavy atom. The Morgan fingerprint density at radius 2 is 2.22 bits per heavy atom. The van der Waals surface area contributed by atoms with Gasteiger partial charge in [-0.25, -0.2) is 19.7 Å². The number of imidazole rings is 1. The summed E-state index contributed by atoms with van der Waals surface area (Å²) in [5.41, 5.74) is 10.1. The van der Waals surface area contributed by atoms with Crippen molar-refractivity contribution < 1.29 is 12.4 Å². The average molecular weight is 368 g/mol. The number of nitrogens with one attached hydrogen (secondary N) is 1. The lowest BCUT2D eigenvalue weighted by atomic mass is 10.1. The first kappa shape index (κ1) is 17.0. The topological polar surface area (TPSA) is 110 Å². The van der Waals surface area contributed by atoms with Gasteiger partial charge in [-0.3, -0.25) is 0 Å². The molecule has 1 amide bonds. The predicted octanol–water partition coefficient (Wildman–Crippen LogP) is 3.34. The molecule has 3 heterocycles. The number of amides is 1. The number of nitrogen functional groups attached to an aromatic ring is 1. The first-order valence-electron chi connectivity index (χ1n) is 8.84. The number of carbonyl (C=O) groups excluding carboxylic acids is 1. The Balaban J connectivity index is 0.00000150. The van der Waals surface area contributed by atoms with Crippen LogP contribution in [0.5, 0.6) is 0 Å². The molecule has 0 atom stereocenters. The van der Waals surface area contributed by atoms with Gasteiger partial charge in [0.05, 0.1) is 29.5 Å². The van der Waals surface area contributed by atoms with Crippen LogP contribution >= 0.6 is 0 Å². The highest BCUT2D eigenvalue weighted by atomic mass is 16.6. The molecule has 0 bridgehead atoms. The van der Waals surface area contributed by atoms with E-state index in [4.69, 9.17) is 10.5 Å². The van der Waals surface area contributed by atoms with Crippen LogP contribution < -0.4 is 5.73 Å². The number of hydrogen-bond donors (Lipinski definition) is 2. The highest BCUT2D eigenvalue weighted by Gasteiger charge is 2.20. The molecule has 0 saturated heterocycles. The number of benzene rings is 1. The predicted molar refractivity (Wildman–Crippen MR) is 107 cm³/mol. The second-order valence-corrected chi connectivity index (χ2v) is 6.22. The summed E-state index contributed by atoms with van der Waals surface area (Å²) < 4.78 is 5.04. The van der Waals surface area contributed by atoms with Gasteiger partial charge >= 0.3 is 6.09 Å². The first-order chi connectivity index (χ1) is 13.2. The highest BCUT2D eigenvalue weighted by molar-refractivity contribution is 5.81. The Morgan fingerprint density at radius 1 is 1.37 bits per heavy atom. The third-order valence-corrected chi connectivity index (χ3v) is 4.48. The number of carbonyl (C=O) groups is 1. The lowest BCUT2D eigenvalue weighted by molar-refractivity contribution is 0.111. The number of nitrogens with zero attached hydrogens (tertiary/aromatic N) is 4. The first-order valence-corrected chi connectivity index (χ1v) is 8.84. The van der Waals surface area contributed by atoms with Crippen LogP contribution in [0.3, 0.4) is 0 Å². The summed E-state index contributed by atoms with van der Waals surface area (Å²) in [6.07, 6.45) is 4.02. The molecule has 2 aromatic heterocycles. The summed E-state index contributed by atoms with van der Waals surface area (Å²) in [4.78, 5) is 30.3. The molecule has 3 aromatic rings. The van der Waals surface area contributed by atoms with Crippen molar-refractivity contribution in [3.8, 4) is 11.5 Å². The molecule has 142 valence electrons. The normalized spacial score (nSPS) is 14.3. The molecule has 0 aliphatic carbocycles. The van der Waals surface area contributed by atoms with Crippen molar-refractivity contribution >= 4 is 28.5 Å². The van der Waals surface area contributed by atoms with Gasteiger partial charge in [0.15, 0.2) is 11.6 Å². The number of nitrogens with two attached hydrogens (primary N) is 1. The molecule has 0 fully saturated rings. The molecule has 27 heavy (non-hydrogen) atoms. The zero-order valence-electron chi connectivity index (χ0n) is 15.0. The maximum absolute atomic E-state index is 11.8. The van der Waals surface area contributed by atoms with Crippen molar-refractivity contribution in [3.63, 3.8) is 0 Å². The Bertz CT molecular complexity index is 1000. The van der Waals surface area contributed by atoms with E-state index in [1.54, 1.807) is 18.0 Å². The van der Waals surface area contributed by atoms with E-state index in [9.17, 15) is 4.79 Å². The number of para-hydroxylation sites is 2. The third kappa shape index (κ3) is 3.33. The van der Waals surface area contributed by atoms with Crippen LogP contribution in [0.4, 0.5) is 10.6 Å². The van der Waals surface area contributed by atoms with Crippen molar-refractivity contribution in [2.24, 2.45) is 0 Å². The lowest BCUT2D eigenvalue weighted by Crippen LogP contribution is -2.35. The van der Waals surface area contributed by atoms with Gasteiger partial charge in [-0.05, 0) is 31.1 Å². The number of anilines is 1. The molecule has 0 saturated carbocycles. The number of hydrogen-bond acceptors (Lipinski definition) is 6. The number of rotatable bonds is 3. The minimum absolute atomic E-state index is 0. The van der Waals surface area contributed by atoms with Crippen LogP contribution in [-0.4, -0.2) is 50.6 Å². The van der Waals surface area contributed by atoms with Crippen molar-refractivity contribution in [2.75, 3.05) is 25.4 Å². The maximum atomic E-state index is 11.8. The smallest absolute Gasteiger partial charge is 0.410 e. The van der Waals surface area contributed by atoms with E-state index in [1.807, 2.05) is 30.3 Å². The molecule has 8 heteroatoms. The number of aromatic nitrogens is 4. The van der Waals surface area contributed by atoms with Crippen LogP contribution in [0.25, 0.3) is 28.1 Å². The molecule has 8 nitrogen and oxygen atoms in total. The van der Waals surface area contributed by atoms with Crippen LogP contribution in [0.1, 0.15) is 21.9 Å². The van der Waals surface area contributed by atoms with E-state index in [1.165, 1.54) is 0 Å². The van der Waals surface area contributed by atoms with Crippen molar-refractivity contribution in [1.82, 2.24) is 24.8 Å². The molecule has 1 aliphatic heterocycles. The van der Waals surface area contributed by atoms with Gasteiger partial charge in [-0.15, -0.1) is 0 Å². The fraction of sp³-hybridized carbons (Fsp3) is 0.263. The van der Waals surface area contributed by atoms with Crippen molar-refractivity contribution in [2.45, 2.75) is 13.3 Å². The number of fused-ring (bicyclic) bond motifs is 1. The quantitative estimate of drug-likeness (QED) is 0.734. The van der Waals surface area contributed by atoms with E-state index in [0.717, 1.165) is 22.3 Å².